The number of hydrogen-bond acceptors (Lipinski definition) is 11. The van der Waals surface area contributed by atoms with E-state index in [-0.39, 0.29) is 17.4 Å². The Hall–Kier alpha value is -5.51. The molecule has 0 radical (unpaired) electrons. The predicted molar refractivity (Wildman–Crippen MR) is 225 cm³/mol. The van der Waals surface area contributed by atoms with Crippen molar-refractivity contribution in [1.82, 2.24) is 24.7 Å². The summed E-state index contributed by atoms with van der Waals surface area (Å²) < 4.78 is 57.8. The Balaban J connectivity index is 0.943. The Morgan fingerprint density at radius 2 is 1.68 bits per heavy atom. The highest BCUT2D eigenvalue weighted by Gasteiger charge is 2.38. The molecule has 2 unspecified atom stereocenters. The summed E-state index contributed by atoms with van der Waals surface area (Å²) in [5.74, 6) is 0.0728. The van der Waals surface area contributed by atoms with E-state index in [1.807, 2.05) is 47.5 Å². The number of amidine groups is 1. The van der Waals surface area contributed by atoms with Crippen LogP contribution in [0.4, 0.5) is 26.1 Å². The van der Waals surface area contributed by atoms with Crippen molar-refractivity contribution in [3.05, 3.63) is 131 Å². The molecule has 8 rings (SSSR count). The molecule has 0 saturated carbocycles. The van der Waals surface area contributed by atoms with Gasteiger partial charge in [-0.1, -0.05) is 30.3 Å². The minimum absolute atomic E-state index is 0.221. The van der Waals surface area contributed by atoms with Gasteiger partial charge in [-0.25, -0.2) is 27.2 Å². The van der Waals surface area contributed by atoms with E-state index >= 15 is 0 Å². The molecule has 12 nitrogen and oxygen atoms in total. The van der Waals surface area contributed by atoms with Crippen LogP contribution in [0.1, 0.15) is 70.9 Å². The molecule has 4 aliphatic rings. The van der Waals surface area contributed by atoms with Gasteiger partial charge in [0, 0.05) is 36.8 Å². The second-order valence-corrected chi connectivity index (χ2v) is 17.8. The van der Waals surface area contributed by atoms with E-state index in [1.165, 1.54) is 17.9 Å². The summed E-state index contributed by atoms with van der Waals surface area (Å²) in [6.07, 6.45) is 14.9. The van der Waals surface area contributed by atoms with Crippen molar-refractivity contribution in [1.29, 1.82) is 0 Å². The van der Waals surface area contributed by atoms with Crippen molar-refractivity contribution in [2.45, 2.75) is 49.7 Å². The van der Waals surface area contributed by atoms with Crippen LogP contribution in [0.25, 0.3) is 0 Å². The number of carbonyl (C=O) groups excluding carboxylic acids is 1. The van der Waals surface area contributed by atoms with E-state index in [4.69, 9.17) is 14.7 Å². The first-order valence-electron chi connectivity index (χ1n) is 20.0. The summed E-state index contributed by atoms with van der Waals surface area (Å²) in [6.45, 7) is 4.56. The first-order valence-corrected chi connectivity index (χ1v) is 22.1. The number of carbonyl (C=O) groups is 1. The number of hydrogen-bond donors (Lipinski definition) is 2. The highest BCUT2D eigenvalue weighted by atomic mass is 32.2. The molecule has 0 bridgehead atoms. The lowest BCUT2D eigenvalue weighted by atomic mass is 9.87. The number of ether oxygens (including phenoxy) is 1. The maximum Gasteiger partial charge on any atom is 0.255 e. The zero-order valence-electron chi connectivity index (χ0n) is 33.1. The normalized spacial score (nSPS) is 20.3. The van der Waals surface area contributed by atoms with Crippen LogP contribution < -0.4 is 15.4 Å². The van der Waals surface area contributed by atoms with Gasteiger partial charge in [0.25, 0.3) is 5.91 Å². The smallest absolute Gasteiger partial charge is 0.255 e. The number of likely N-dealkylation sites (tertiary alicyclic amines) is 2. The summed E-state index contributed by atoms with van der Waals surface area (Å²) >= 11 is 0. The molecule has 0 spiro atoms. The molecule has 2 N–H and O–H groups in total. The third-order valence-corrected chi connectivity index (χ3v) is 12.7. The number of nitrogens with zero attached hydrogens (tertiary/aromatic N) is 6. The van der Waals surface area contributed by atoms with Crippen LogP contribution in [-0.2, 0) is 9.84 Å². The number of benzene rings is 3. The summed E-state index contributed by atoms with van der Waals surface area (Å²) in [6, 6.07) is 18.1. The molecule has 2 fully saturated rings. The first-order chi connectivity index (χ1) is 28.5. The SMILES string of the molecule is COc1cc(C2CCN(C3CCN(CCS(C)(=O)=O)CC3)CC2)ccc1Nc1nccc(C2C(c3cccc(C(=O)Nc4c(F)cccc4F)c3)N=C3C=CC=CN32)n1. The van der Waals surface area contributed by atoms with Crippen LogP contribution in [-0.4, -0.2) is 103 Å². The zero-order chi connectivity index (χ0) is 41.1. The van der Waals surface area contributed by atoms with Gasteiger partial charge in [0.2, 0.25) is 5.95 Å². The highest BCUT2D eigenvalue weighted by molar-refractivity contribution is 7.90. The number of methoxy groups -OCH3 is 1. The Morgan fingerprint density at radius 1 is 0.915 bits per heavy atom. The lowest BCUT2D eigenvalue weighted by Gasteiger charge is -2.42. The van der Waals surface area contributed by atoms with Gasteiger partial charge in [0.1, 0.15) is 50.8 Å². The zero-order valence-corrected chi connectivity index (χ0v) is 33.9. The van der Waals surface area contributed by atoms with Gasteiger partial charge in [0.15, 0.2) is 0 Å². The maximum absolute atomic E-state index is 14.4. The van der Waals surface area contributed by atoms with Crippen molar-refractivity contribution in [3.63, 3.8) is 0 Å². The van der Waals surface area contributed by atoms with Crippen molar-refractivity contribution in [3.8, 4) is 5.75 Å². The lowest BCUT2D eigenvalue weighted by Crippen LogP contribution is -2.48. The van der Waals surface area contributed by atoms with E-state index in [1.54, 1.807) is 31.5 Å². The number of para-hydroxylation sites is 1. The van der Waals surface area contributed by atoms with Gasteiger partial charge in [-0.15, -0.1) is 0 Å². The molecule has 0 aliphatic carbocycles. The van der Waals surface area contributed by atoms with Crippen LogP contribution in [0.15, 0.2) is 102 Å². The van der Waals surface area contributed by atoms with Crippen molar-refractivity contribution in [2.75, 3.05) is 62.5 Å². The molecule has 3 aromatic carbocycles. The largest absolute Gasteiger partial charge is 0.495 e. The number of anilines is 3. The van der Waals surface area contributed by atoms with Crippen molar-refractivity contribution >= 4 is 38.9 Å². The number of sulfone groups is 1. The Labute approximate surface area is 343 Å². The van der Waals surface area contributed by atoms with Crippen molar-refractivity contribution in [2.24, 2.45) is 4.99 Å². The van der Waals surface area contributed by atoms with E-state index in [2.05, 4.69) is 37.6 Å². The Morgan fingerprint density at radius 3 is 2.42 bits per heavy atom. The summed E-state index contributed by atoms with van der Waals surface area (Å²) in [7, 11) is -1.29. The van der Waals surface area contributed by atoms with Gasteiger partial charge >= 0.3 is 0 Å². The molecule has 4 aliphatic heterocycles. The van der Waals surface area contributed by atoms with Crippen LogP contribution >= 0.6 is 0 Å². The van der Waals surface area contributed by atoms with E-state index in [0.717, 1.165) is 81.1 Å². The molecule has 15 heteroatoms. The number of rotatable bonds is 12. The van der Waals surface area contributed by atoms with E-state index in [9.17, 15) is 22.0 Å². The topological polar surface area (TPSA) is 132 Å². The number of piperidine rings is 2. The van der Waals surface area contributed by atoms with Gasteiger partial charge in [-0.3, -0.25) is 9.79 Å². The van der Waals surface area contributed by atoms with Gasteiger partial charge in [0.05, 0.1) is 24.2 Å². The molecular formula is C44H48F2N8O4S. The molecule has 2 saturated heterocycles. The monoisotopic (exact) mass is 822 g/mol. The summed E-state index contributed by atoms with van der Waals surface area (Å²) in [5.41, 5.74) is 3.11. The summed E-state index contributed by atoms with van der Waals surface area (Å²) in [4.78, 5) is 34.7. The number of aromatic nitrogens is 2. The predicted octanol–water partition coefficient (Wildman–Crippen LogP) is 7.03. The number of nitrogens with one attached hydrogen (secondary N) is 2. The minimum atomic E-state index is -2.95. The first kappa shape index (κ1) is 40.3. The molecule has 5 heterocycles. The van der Waals surface area contributed by atoms with Crippen LogP contribution in [0.3, 0.4) is 0 Å². The molecule has 4 aromatic rings. The number of fused-ring (bicyclic) bond motifs is 1. The van der Waals surface area contributed by atoms with Crippen LogP contribution in [0.2, 0.25) is 0 Å². The second kappa shape index (κ2) is 17.4. The molecule has 308 valence electrons. The average Bonchev–Trinajstić information content (AvgIpc) is 3.64. The molecule has 1 aromatic heterocycles. The Bertz CT molecular complexity index is 2370. The van der Waals surface area contributed by atoms with E-state index in [0.29, 0.717) is 35.9 Å². The quantitative estimate of drug-likeness (QED) is 0.154. The molecule has 59 heavy (non-hydrogen) atoms. The fourth-order valence-corrected chi connectivity index (χ4v) is 9.16. The number of aliphatic imine (C=N–C) groups is 1. The fraction of sp³-hybridized carbons (Fsp3) is 0.364. The molecule has 2 atom stereocenters. The standard InChI is InChI=1S/C44H48F2N8O4S/c1-58-38-28-30(29-15-23-53(24-16-29)33-17-21-52(22-18-33)25-26-59(2,56)57)12-13-36(38)48-44-47-19-14-37(49-44)42-40(50-39-11-3-4-20-54(39)42)31-7-5-8-32(27-31)43(55)51-41-34(45)9-6-10-35(41)46/h3-14,19-20,27-29,33,40,42H,15-18,21-26H2,1-2H3,(H,51,55)(H,47,48,49). The molecular weight excluding hydrogens is 775 g/mol. The van der Waals surface area contributed by atoms with Gasteiger partial charge < -0.3 is 30.1 Å². The maximum atomic E-state index is 14.4. The highest BCUT2D eigenvalue weighted by Crippen LogP contribution is 2.43. The van der Waals surface area contributed by atoms with Crippen molar-refractivity contribution < 1.29 is 26.7 Å². The minimum Gasteiger partial charge on any atom is -0.495 e. The second-order valence-electron chi connectivity index (χ2n) is 15.6. The van der Waals surface area contributed by atoms with E-state index < -0.39 is 39.1 Å². The van der Waals surface area contributed by atoms with Crippen LogP contribution in [0.5, 0.6) is 5.75 Å². The van der Waals surface area contributed by atoms with Gasteiger partial charge in [-0.05, 0) is 124 Å². The lowest BCUT2D eigenvalue weighted by molar-refractivity contribution is 0.0897. The third-order valence-electron chi connectivity index (χ3n) is 11.7. The number of halogens is 2. The van der Waals surface area contributed by atoms with Crippen LogP contribution in [0, 0.1) is 11.6 Å². The number of amides is 1. The van der Waals surface area contributed by atoms with Gasteiger partial charge in [-0.2, -0.15) is 0 Å². The Kier molecular flexibility index (Phi) is 11.9. The third kappa shape index (κ3) is 9.22. The molecule has 1 amide bonds. The summed E-state index contributed by atoms with van der Waals surface area (Å²) in [5, 5.41) is 5.75. The fourth-order valence-electron chi connectivity index (χ4n) is 8.57. The average molecular weight is 823 g/mol. The number of allylic oxidation sites excluding steroid dienone is 2.